The Morgan fingerprint density at radius 2 is 0.534 bits per heavy atom. The maximum absolute atomic E-state index is 6.83. The van der Waals surface area contributed by atoms with Gasteiger partial charge >= 0.3 is 0 Å². The minimum atomic E-state index is -0.732. The maximum Gasteiger partial charge on any atom is 0.104 e. The third kappa shape index (κ3) is 19.9. The van der Waals surface area contributed by atoms with Gasteiger partial charge in [-0.25, -0.2) is 0 Å². The molecule has 0 N–H and O–H groups in total. The molecule has 4 heterocycles. The van der Waals surface area contributed by atoms with E-state index in [-0.39, 0.29) is 46.1 Å². The molecule has 4 unspecified atom stereocenters. The van der Waals surface area contributed by atoms with Crippen LogP contribution in [0, 0.1) is 50.7 Å². The Morgan fingerprint density at radius 3 is 0.699 bits per heavy atom. The summed E-state index contributed by atoms with van der Waals surface area (Å²) in [4.78, 5) is 0. The molecule has 73 heavy (non-hydrogen) atoms. The van der Waals surface area contributed by atoms with E-state index in [1.807, 2.05) is 0 Å². The fourth-order valence-electron chi connectivity index (χ4n) is 9.43. The number of rotatable bonds is 48. The predicted octanol–water partition coefficient (Wildman–Crippen LogP) is 6.99. The van der Waals surface area contributed by atoms with E-state index in [1.54, 1.807) is 0 Å². The minimum absolute atomic E-state index is 0.0833. The Labute approximate surface area is 439 Å². The highest BCUT2D eigenvalue weighted by Crippen LogP contribution is 2.36. The number of hydrogen-bond donors (Lipinski definition) is 0. The SMILES string of the molecule is CCC1(COCC(COCC(COCC(COCC2(CC)COC2)OCC2CC2)(COCC(COCC2(CC)COC2)OCC2CC2)COCC(COCC2(CC)COC2)OCC2CC2)OCC2CC2)COC1. The molecule has 8 aliphatic rings. The summed E-state index contributed by atoms with van der Waals surface area (Å²) >= 11 is 0. The molecule has 16 heteroatoms. The van der Waals surface area contributed by atoms with Crippen molar-refractivity contribution in [2.75, 3.05) is 185 Å². The van der Waals surface area contributed by atoms with Crippen LogP contribution in [0.5, 0.6) is 0 Å². The molecule has 0 amide bonds. The van der Waals surface area contributed by atoms with Gasteiger partial charge in [-0.3, -0.25) is 0 Å². The van der Waals surface area contributed by atoms with Crippen molar-refractivity contribution < 1.29 is 75.8 Å². The molecular weight excluding hydrogens is 941 g/mol. The van der Waals surface area contributed by atoms with E-state index in [0.29, 0.717) is 156 Å². The molecule has 4 aliphatic carbocycles. The third-order valence-electron chi connectivity index (χ3n) is 17.0. The lowest BCUT2D eigenvalue weighted by Crippen LogP contribution is -2.47. The molecule has 8 rings (SSSR count). The van der Waals surface area contributed by atoms with Crippen LogP contribution in [0.4, 0.5) is 0 Å². The van der Waals surface area contributed by atoms with Gasteiger partial charge in [-0.05, 0) is 101 Å². The lowest BCUT2D eigenvalue weighted by Gasteiger charge is -2.40. The van der Waals surface area contributed by atoms with Crippen molar-refractivity contribution in [1.29, 1.82) is 0 Å². The summed E-state index contributed by atoms with van der Waals surface area (Å²) in [6.45, 7) is 24.7. The smallest absolute Gasteiger partial charge is 0.104 e. The molecule has 0 bridgehead atoms. The van der Waals surface area contributed by atoms with Crippen LogP contribution in [0.3, 0.4) is 0 Å². The van der Waals surface area contributed by atoms with Gasteiger partial charge in [0.05, 0.1) is 164 Å². The summed E-state index contributed by atoms with van der Waals surface area (Å²) in [7, 11) is 0. The first kappa shape index (κ1) is 58.5. The lowest BCUT2D eigenvalue weighted by atomic mass is 9.84. The quantitative estimate of drug-likeness (QED) is 0.0616. The van der Waals surface area contributed by atoms with Crippen molar-refractivity contribution in [3.8, 4) is 0 Å². The minimum Gasteiger partial charge on any atom is -0.380 e. The molecule has 16 nitrogen and oxygen atoms in total. The highest BCUT2D eigenvalue weighted by molar-refractivity contribution is 4.88. The summed E-state index contributed by atoms with van der Waals surface area (Å²) < 4.78 is 101. The average Bonchev–Trinajstić information content (AvgIpc) is 4.13. The standard InChI is InChI=1S/C57H100O16/c1-5-53(33-66-34-53)29-58-21-49(70-17-45-9-10-45)25-62-41-57(42-63-26-50(71-18-46-11-12-46)22-59-30-54(6-2)35-67-36-54,43-64-27-51(72-19-47-13-14-47)23-60-31-55(7-3)37-68-38-55)44-65-28-52(73-20-48-15-16-48)24-61-32-56(8-4)39-69-40-56/h45-52H,5-44H2,1-4H3. The monoisotopic (exact) mass is 1040 g/mol. The van der Waals surface area contributed by atoms with E-state index in [2.05, 4.69) is 27.7 Å². The Kier molecular flexibility index (Phi) is 23.7. The largest absolute Gasteiger partial charge is 0.380 e. The summed E-state index contributed by atoms with van der Waals surface area (Å²) in [5, 5.41) is 0. The topological polar surface area (TPSA) is 148 Å². The highest BCUT2D eigenvalue weighted by atomic mass is 16.6. The first-order valence-corrected chi connectivity index (χ1v) is 29.1. The first-order chi connectivity index (χ1) is 35.7. The molecule has 0 spiro atoms. The Hall–Kier alpha value is -0.640. The molecule has 8 fully saturated rings. The molecule has 4 saturated carbocycles. The van der Waals surface area contributed by atoms with E-state index in [9.17, 15) is 0 Å². The van der Waals surface area contributed by atoms with E-state index in [4.69, 9.17) is 75.8 Å². The highest BCUT2D eigenvalue weighted by Gasteiger charge is 2.42. The van der Waals surface area contributed by atoms with Crippen LogP contribution >= 0.6 is 0 Å². The van der Waals surface area contributed by atoms with E-state index in [1.165, 1.54) is 51.4 Å². The van der Waals surface area contributed by atoms with Crippen molar-refractivity contribution in [1.82, 2.24) is 0 Å². The van der Waals surface area contributed by atoms with Crippen molar-refractivity contribution in [3.63, 3.8) is 0 Å². The summed E-state index contributed by atoms with van der Waals surface area (Å²) in [6, 6.07) is 0. The van der Waals surface area contributed by atoms with Crippen molar-refractivity contribution in [2.24, 2.45) is 50.7 Å². The molecular formula is C57H100O16. The van der Waals surface area contributed by atoms with Crippen LogP contribution in [-0.4, -0.2) is 209 Å². The zero-order valence-corrected chi connectivity index (χ0v) is 45.9. The first-order valence-electron chi connectivity index (χ1n) is 29.1. The molecule has 4 atom stereocenters. The molecule has 0 radical (unpaired) electrons. The van der Waals surface area contributed by atoms with Crippen LogP contribution in [0.15, 0.2) is 0 Å². The summed E-state index contributed by atoms with van der Waals surface area (Å²) in [6.07, 6.45) is 12.8. The molecule has 424 valence electrons. The van der Waals surface area contributed by atoms with Gasteiger partial charge in [0.25, 0.3) is 0 Å². The third-order valence-corrected chi connectivity index (χ3v) is 17.0. The summed E-state index contributed by atoms with van der Waals surface area (Å²) in [5.74, 6) is 2.42. The lowest BCUT2D eigenvalue weighted by molar-refractivity contribution is -0.175. The van der Waals surface area contributed by atoms with Crippen molar-refractivity contribution in [3.05, 3.63) is 0 Å². The Balaban J connectivity index is 0.957. The van der Waals surface area contributed by atoms with Crippen LogP contribution < -0.4 is 0 Å². The number of ether oxygens (including phenoxy) is 16. The Bertz CT molecular complexity index is 1260. The van der Waals surface area contributed by atoms with Crippen LogP contribution in [0.25, 0.3) is 0 Å². The van der Waals surface area contributed by atoms with Gasteiger partial charge in [0, 0.05) is 48.1 Å². The molecule has 0 aromatic carbocycles. The fourth-order valence-corrected chi connectivity index (χ4v) is 9.43. The second-order valence-corrected chi connectivity index (χ2v) is 24.6. The van der Waals surface area contributed by atoms with E-state index < -0.39 is 5.41 Å². The van der Waals surface area contributed by atoms with Gasteiger partial charge in [0.1, 0.15) is 24.4 Å². The van der Waals surface area contributed by atoms with Gasteiger partial charge in [-0.2, -0.15) is 0 Å². The average molecular weight is 1040 g/mol. The zero-order valence-electron chi connectivity index (χ0n) is 45.9. The van der Waals surface area contributed by atoms with Gasteiger partial charge in [-0.15, -0.1) is 0 Å². The normalized spacial score (nSPS) is 25.2. The second-order valence-electron chi connectivity index (χ2n) is 24.6. The molecule has 4 saturated heterocycles. The Morgan fingerprint density at radius 1 is 0.329 bits per heavy atom. The van der Waals surface area contributed by atoms with Gasteiger partial charge in [-0.1, -0.05) is 27.7 Å². The number of hydrogen-bond acceptors (Lipinski definition) is 16. The van der Waals surface area contributed by atoms with E-state index >= 15 is 0 Å². The van der Waals surface area contributed by atoms with E-state index in [0.717, 1.165) is 78.5 Å². The van der Waals surface area contributed by atoms with Gasteiger partial charge < -0.3 is 75.8 Å². The van der Waals surface area contributed by atoms with Crippen molar-refractivity contribution >= 4 is 0 Å². The van der Waals surface area contributed by atoms with Crippen LogP contribution in [0.2, 0.25) is 0 Å². The fraction of sp³-hybridized carbons (Fsp3) is 1.00. The molecule has 4 aliphatic heterocycles. The van der Waals surface area contributed by atoms with Crippen molar-refractivity contribution in [2.45, 2.75) is 129 Å². The van der Waals surface area contributed by atoms with Gasteiger partial charge in [0.2, 0.25) is 0 Å². The second kappa shape index (κ2) is 29.5. The maximum atomic E-state index is 6.83. The summed E-state index contributed by atoms with van der Waals surface area (Å²) in [5.41, 5.74) is -0.399. The predicted molar refractivity (Wildman–Crippen MR) is 273 cm³/mol. The van der Waals surface area contributed by atoms with Crippen LogP contribution in [-0.2, 0) is 75.8 Å². The van der Waals surface area contributed by atoms with Crippen LogP contribution in [0.1, 0.15) is 105 Å². The van der Waals surface area contributed by atoms with Gasteiger partial charge in [0.15, 0.2) is 0 Å². The molecule has 0 aromatic heterocycles. The molecule has 0 aromatic rings. The zero-order chi connectivity index (χ0) is 50.7.